The lowest BCUT2D eigenvalue weighted by Gasteiger charge is -2.30. The Morgan fingerprint density at radius 1 is 1.00 bits per heavy atom. The number of aryl methyl sites for hydroxylation is 1. The minimum Gasteiger partial charge on any atom is -0.490 e. The summed E-state index contributed by atoms with van der Waals surface area (Å²) in [6.45, 7) is 2.75. The fourth-order valence-electron chi connectivity index (χ4n) is 5.64. The zero-order valence-corrected chi connectivity index (χ0v) is 25.3. The number of thiazole rings is 1. The third kappa shape index (κ3) is 4.91. The second-order valence-corrected chi connectivity index (χ2v) is 12.5. The summed E-state index contributed by atoms with van der Waals surface area (Å²) in [4.78, 5) is 21.0. The number of allylic oxidation sites excluding steroid dienone is 1. The second kappa shape index (κ2) is 11.4. The van der Waals surface area contributed by atoms with Gasteiger partial charge in [0, 0.05) is 21.0 Å². The van der Waals surface area contributed by atoms with Crippen molar-refractivity contribution in [2.24, 2.45) is 4.99 Å². The van der Waals surface area contributed by atoms with Crippen LogP contribution in [-0.2, 0) is 13.0 Å². The molecule has 210 valence electrons. The smallest absolute Gasteiger partial charge is 0.271 e. The number of ether oxygens (including phenoxy) is 2. The Morgan fingerprint density at radius 2 is 1.86 bits per heavy atom. The summed E-state index contributed by atoms with van der Waals surface area (Å²) in [6.07, 6.45) is 3.75. The van der Waals surface area contributed by atoms with Gasteiger partial charge in [0.25, 0.3) is 5.56 Å². The van der Waals surface area contributed by atoms with Crippen molar-refractivity contribution in [2.45, 2.75) is 32.4 Å². The van der Waals surface area contributed by atoms with Crippen LogP contribution in [0.15, 0.2) is 99.6 Å². The van der Waals surface area contributed by atoms with Gasteiger partial charge < -0.3 is 9.47 Å². The minimum absolute atomic E-state index is 0.0282. The first-order chi connectivity index (χ1) is 20.6. The molecular weight excluding hydrogens is 584 g/mol. The van der Waals surface area contributed by atoms with E-state index in [1.165, 1.54) is 28.0 Å². The van der Waals surface area contributed by atoms with Crippen LogP contribution in [0.25, 0.3) is 11.8 Å². The first-order valence-electron chi connectivity index (χ1n) is 13.9. The average Bonchev–Trinajstić information content (AvgIpc) is 3.65. The number of benzene rings is 3. The molecule has 0 radical (unpaired) electrons. The lowest BCUT2D eigenvalue weighted by atomic mass is 9.85. The van der Waals surface area contributed by atoms with Crippen molar-refractivity contribution >= 4 is 46.0 Å². The molecule has 0 bridgehead atoms. The molecule has 0 spiro atoms. The number of hydrogen-bond acceptors (Lipinski definition) is 6. The number of thiophene rings is 1. The standard InChI is InChI=1S/C34H27ClN2O3S2/c1-2-39-28-18-21(13-16-27(28)40-20-23-9-4-6-11-26(23)35)19-30-33(38)37-32(29-12-7-17-41-29)25-15-14-22-8-3-5-10-24(22)31(25)36-34(37)42-30/h3-13,16-19,32H,2,14-15,20H2,1H3/b30-19+/t32-/m0/s1. The number of aromatic nitrogens is 1. The van der Waals surface area contributed by atoms with Crippen LogP contribution in [0.3, 0.4) is 0 Å². The van der Waals surface area contributed by atoms with Crippen molar-refractivity contribution in [3.63, 3.8) is 0 Å². The lowest BCUT2D eigenvalue weighted by Crippen LogP contribution is -2.38. The van der Waals surface area contributed by atoms with Crippen LogP contribution < -0.4 is 24.4 Å². The van der Waals surface area contributed by atoms with Crippen molar-refractivity contribution in [1.29, 1.82) is 0 Å². The van der Waals surface area contributed by atoms with Gasteiger partial charge in [0.2, 0.25) is 0 Å². The Labute approximate surface area is 256 Å². The predicted molar refractivity (Wildman–Crippen MR) is 170 cm³/mol. The Bertz CT molecular complexity index is 2010. The van der Waals surface area contributed by atoms with Gasteiger partial charge in [0.05, 0.1) is 22.9 Å². The summed E-state index contributed by atoms with van der Waals surface area (Å²) in [5, 5.41) is 2.74. The number of nitrogens with zero attached hydrogens (tertiary/aromatic N) is 2. The Balaban J connectivity index is 1.30. The van der Waals surface area contributed by atoms with Gasteiger partial charge in [-0.25, -0.2) is 4.99 Å². The van der Waals surface area contributed by atoms with E-state index < -0.39 is 0 Å². The summed E-state index contributed by atoms with van der Waals surface area (Å²) in [5.41, 5.74) is 6.44. The van der Waals surface area contributed by atoms with Crippen molar-refractivity contribution in [3.8, 4) is 11.5 Å². The van der Waals surface area contributed by atoms with E-state index in [9.17, 15) is 4.79 Å². The van der Waals surface area contributed by atoms with Gasteiger partial charge in [-0.05, 0) is 72.2 Å². The van der Waals surface area contributed by atoms with Gasteiger partial charge in [0.15, 0.2) is 16.3 Å². The maximum atomic E-state index is 14.0. The normalized spacial score (nSPS) is 16.0. The third-order valence-corrected chi connectivity index (χ3v) is 9.87. The monoisotopic (exact) mass is 610 g/mol. The highest BCUT2D eigenvalue weighted by molar-refractivity contribution is 7.10. The fraction of sp³-hybridized carbons (Fsp3) is 0.176. The summed E-state index contributed by atoms with van der Waals surface area (Å²) >= 11 is 9.43. The maximum absolute atomic E-state index is 14.0. The summed E-state index contributed by atoms with van der Waals surface area (Å²) in [5.74, 6) is 1.24. The van der Waals surface area contributed by atoms with Crippen LogP contribution in [-0.4, -0.2) is 11.2 Å². The topological polar surface area (TPSA) is 52.8 Å². The minimum atomic E-state index is -0.147. The zero-order valence-electron chi connectivity index (χ0n) is 22.9. The van der Waals surface area contributed by atoms with Crippen LogP contribution in [0.2, 0.25) is 5.02 Å². The molecule has 0 amide bonds. The summed E-state index contributed by atoms with van der Waals surface area (Å²) in [7, 11) is 0. The molecule has 2 aromatic heterocycles. The van der Waals surface area contributed by atoms with E-state index in [-0.39, 0.29) is 11.6 Å². The van der Waals surface area contributed by atoms with Crippen molar-refractivity contribution in [3.05, 3.63) is 142 Å². The number of rotatable bonds is 7. The van der Waals surface area contributed by atoms with E-state index in [2.05, 4.69) is 41.8 Å². The van der Waals surface area contributed by atoms with Gasteiger partial charge in [-0.15, -0.1) is 11.3 Å². The highest BCUT2D eigenvalue weighted by Gasteiger charge is 2.33. The highest BCUT2D eigenvalue weighted by atomic mass is 35.5. The van der Waals surface area contributed by atoms with E-state index in [4.69, 9.17) is 26.1 Å². The van der Waals surface area contributed by atoms with Gasteiger partial charge >= 0.3 is 0 Å². The molecule has 0 saturated heterocycles. The van der Waals surface area contributed by atoms with Gasteiger partial charge in [-0.1, -0.05) is 77.5 Å². The maximum Gasteiger partial charge on any atom is 0.271 e. The molecule has 0 unspecified atom stereocenters. The molecule has 5 nitrogen and oxygen atoms in total. The second-order valence-electron chi connectivity index (χ2n) is 10.1. The van der Waals surface area contributed by atoms with Crippen LogP contribution in [0.1, 0.15) is 46.5 Å². The van der Waals surface area contributed by atoms with Crippen molar-refractivity contribution in [2.75, 3.05) is 6.61 Å². The average molecular weight is 611 g/mol. The van der Waals surface area contributed by atoms with E-state index in [0.29, 0.717) is 34.3 Å². The van der Waals surface area contributed by atoms with Gasteiger partial charge in [-0.3, -0.25) is 9.36 Å². The third-order valence-electron chi connectivity index (χ3n) is 7.59. The van der Waals surface area contributed by atoms with Crippen molar-refractivity contribution in [1.82, 2.24) is 4.57 Å². The fourth-order valence-corrected chi connectivity index (χ4v) is 7.68. The summed E-state index contributed by atoms with van der Waals surface area (Å²) in [6, 6.07) is 25.9. The molecule has 0 saturated carbocycles. The SMILES string of the molecule is CCOc1cc(/C=c2/sc3n(c2=O)[C@H](c2cccs2)C2=C(N=3)c3ccccc3CC2)ccc1OCc1ccccc1Cl. The molecule has 3 aromatic carbocycles. The quantitative estimate of drug-likeness (QED) is 0.199. The molecule has 1 atom stereocenters. The molecule has 3 heterocycles. The zero-order chi connectivity index (χ0) is 28.6. The lowest BCUT2D eigenvalue weighted by molar-refractivity contribution is 0.269. The largest absolute Gasteiger partial charge is 0.490 e. The van der Waals surface area contributed by atoms with E-state index >= 15 is 0 Å². The summed E-state index contributed by atoms with van der Waals surface area (Å²) < 4.78 is 14.5. The Morgan fingerprint density at radius 3 is 2.69 bits per heavy atom. The number of hydrogen-bond donors (Lipinski definition) is 0. The van der Waals surface area contributed by atoms with E-state index in [1.54, 1.807) is 11.3 Å². The van der Waals surface area contributed by atoms with Crippen LogP contribution in [0, 0.1) is 0 Å². The molecule has 7 rings (SSSR count). The van der Waals surface area contributed by atoms with Gasteiger partial charge in [-0.2, -0.15) is 0 Å². The van der Waals surface area contributed by atoms with E-state index in [0.717, 1.165) is 39.3 Å². The molecule has 5 aromatic rings. The first kappa shape index (κ1) is 27.0. The van der Waals surface area contributed by atoms with Gasteiger partial charge in [0.1, 0.15) is 6.61 Å². The molecular formula is C34H27ClN2O3S2. The molecule has 0 N–H and O–H groups in total. The van der Waals surface area contributed by atoms with Crippen LogP contribution in [0.4, 0.5) is 0 Å². The highest BCUT2D eigenvalue weighted by Crippen LogP contribution is 2.42. The number of fused-ring (bicyclic) bond motifs is 3. The molecule has 1 aliphatic heterocycles. The molecule has 42 heavy (non-hydrogen) atoms. The molecule has 1 aliphatic carbocycles. The Kier molecular flexibility index (Phi) is 7.32. The Hall–Kier alpha value is -3.91. The molecule has 2 aliphatic rings. The van der Waals surface area contributed by atoms with Crippen LogP contribution in [0.5, 0.6) is 11.5 Å². The van der Waals surface area contributed by atoms with Crippen molar-refractivity contribution < 1.29 is 9.47 Å². The van der Waals surface area contributed by atoms with Crippen LogP contribution >= 0.6 is 34.3 Å². The molecule has 0 fully saturated rings. The van der Waals surface area contributed by atoms with E-state index in [1.807, 2.05) is 60.0 Å². The predicted octanol–water partition coefficient (Wildman–Crippen LogP) is 7.01. The first-order valence-corrected chi connectivity index (χ1v) is 16.0. The number of halogens is 1. The molecule has 8 heteroatoms.